The Labute approximate surface area is 148 Å². The number of aromatic amines is 1. The minimum atomic E-state index is -0.0343. The van der Waals surface area contributed by atoms with Gasteiger partial charge in [-0.1, -0.05) is 12.1 Å². The van der Waals surface area contributed by atoms with Crippen LogP contribution >= 0.6 is 0 Å². The molecular weight excluding hydrogens is 318 g/mol. The van der Waals surface area contributed by atoms with Gasteiger partial charge < -0.3 is 25.0 Å². The highest BCUT2D eigenvalue weighted by molar-refractivity contribution is 5.83. The fourth-order valence-electron chi connectivity index (χ4n) is 3.40. The quantitative estimate of drug-likeness (QED) is 0.751. The zero-order valence-electron chi connectivity index (χ0n) is 14.8. The Morgan fingerprint density at radius 1 is 1.48 bits per heavy atom. The SMILES string of the molecule is Cc1ccc2c(CCNC(=O)N3CCC[C@H](OCCO)C3)c[nH]c2c1. The van der Waals surface area contributed by atoms with E-state index in [1.807, 2.05) is 11.1 Å². The molecule has 0 spiro atoms. The van der Waals surface area contributed by atoms with Crippen LogP contribution in [-0.4, -0.2) is 60.0 Å². The third kappa shape index (κ3) is 4.52. The highest BCUT2D eigenvalue weighted by Gasteiger charge is 2.23. The molecule has 2 amide bonds. The molecule has 1 atom stereocenters. The van der Waals surface area contributed by atoms with Gasteiger partial charge in [0.25, 0.3) is 0 Å². The number of urea groups is 1. The van der Waals surface area contributed by atoms with Gasteiger partial charge in [0.15, 0.2) is 0 Å². The minimum Gasteiger partial charge on any atom is -0.394 e. The first-order chi connectivity index (χ1) is 12.2. The number of hydrogen-bond donors (Lipinski definition) is 3. The van der Waals surface area contributed by atoms with Gasteiger partial charge >= 0.3 is 6.03 Å². The van der Waals surface area contributed by atoms with Crippen molar-refractivity contribution < 1.29 is 14.6 Å². The maximum atomic E-state index is 12.4. The average Bonchev–Trinajstić information content (AvgIpc) is 3.02. The van der Waals surface area contributed by atoms with Crippen LogP contribution in [0.4, 0.5) is 4.79 Å². The largest absolute Gasteiger partial charge is 0.394 e. The van der Waals surface area contributed by atoms with Crippen LogP contribution in [0.2, 0.25) is 0 Å². The second-order valence-electron chi connectivity index (χ2n) is 6.65. The predicted octanol–water partition coefficient (Wildman–Crippen LogP) is 2.20. The van der Waals surface area contributed by atoms with Crippen molar-refractivity contribution >= 4 is 16.9 Å². The summed E-state index contributed by atoms with van der Waals surface area (Å²) in [5.41, 5.74) is 3.59. The number of nitrogens with one attached hydrogen (secondary N) is 2. The van der Waals surface area contributed by atoms with E-state index < -0.39 is 0 Å². The number of fused-ring (bicyclic) bond motifs is 1. The maximum Gasteiger partial charge on any atom is 0.317 e. The van der Waals surface area contributed by atoms with Crippen LogP contribution in [0, 0.1) is 6.92 Å². The van der Waals surface area contributed by atoms with Crippen molar-refractivity contribution in [3.63, 3.8) is 0 Å². The molecule has 6 nitrogen and oxygen atoms in total. The smallest absolute Gasteiger partial charge is 0.317 e. The van der Waals surface area contributed by atoms with Gasteiger partial charge in [-0.2, -0.15) is 0 Å². The summed E-state index contributed by atoms with van der Waals surface area (Å²) in [5.74, 6) is 0. The number of amides is 2. The van der Waals surface area contributed by atoms with Crippen LogP contribution in [0.15, 0.2) is 24.4 Å². The Bertz CT molecular complexity index is 713. The summed E-state index contributed by atoms with van der Waals surface area (Å²) in [7, 11) is 0. The fraction of sp³-hybridized carbons (Fsp3) is 0.526. The summed E-state index contributed by atoms with van der Waals surface area (Å²) < 4.78 is 5.56. The topological polar surface area (TPSA) is 77.6 Å². The number of aromatic nitrogens is 1. The van der Waals surface area contributed by atoms with Gasteiger partial charge in [0.1, 0.15) is 0 Å². The molecule has 2 heterocycles. The first-order valence-electron chi connectivity index (χ1n) is 8.99. The van der Waals surface area contributed by atoms with E-state index in [4.69, 9.17) is 9.84 Å². The van der Waals surface area contributed by atoms with Gasteiger partial charge in [0.05, 0.1) is 19.3 Å². The van der Waals surface area contributed by atoms with Crippen molar-refractivity contribution in [2.45, 2.75) is 32.3 Å². The van der Waals surface area contributed by atoms with E-state index in [-0.39, 0.29) is 18.7 Å². The Kier molecular flexibility index (Phi) is 5.94. The molecule has 2 aromatic rings. The van der Waals surface area contributed by atoms with E-state index in [1.54, 1.807) is 0 Å². The molecule has 1 aromatic carbocycles. The minimum absolute atomic E-state index is 0.0207. The van der Waals surface area contributed by atoms with Crippen LogP contribution in [0.5, 0.6) is 0 Å². The summed E-state index contributed by atoms with van der Waals surface area (Å²) in [4.78, 5) is 17.5. The number of ether oxygens (including phenoxy) is 1. The number of piperidine rings is 1. The molecule has 0 radical (unpaired) electrons. The number of aliphatic hydroxyl groups excluding tert-OH is 1. The molecule has 3 N–H and O–H groups in total. The fourth-order valence-corrected chi connectivity index (χ4v) is 3.40. The predicted molar refractivity (Wildman–Crippen MR) is 97.8 cm³/mol. The van der Waals surface area contributed by atoms with Crippen molar-refractivity contribution in [3.05, 3.63) is 35.5 Å². The zero-order chi connectivity index (χ0) is 17.6. The highest BCUT2D eigenvalue weighted by Crippen LogP contribution is 2.19. The summed E-state index contributed by atoms with van der Waals surface area (Å²) in [5, 5.41) is 13.1. The van der Waals surface area contributed by atoms with Gasteiger partial charge in [-0.3, -0.25) is 0 Å². The standard InChI is InChI=1S/C19H27N3O3/c1-14-4-5-17-15(12-21-18(17)11-14)6-7-20-19(24)22-8-2-3-16(13-22)25-10-9-23/h4-5,11-12,16,21,23H,2-3,6-10,13H2,1H3,(H,20,24)/t16-/m0/s1. The van der Waals surface area contributed by atoms with Crippen LogP contribution in [-0.2, 0) is 11.2 Å². The first kappa shape index (κ1) is 17.8. The van der Waals surface area contributed by atoms with Gasteiger partial charge in [0.2, 0.25) is 0 Å². The number of carbonyl (C=O) groups is 1. The number of benzene rings is 1. The summed E-state index contributed by atoms with van der Waals surface area (Å²) >= 11 is 0. The number of nitrogens with zero attached hydrogens (tertiary/aromatic N) is 1. The van der Waals surface area contributed by atoms with E-state index in [0.29, 0.717) is 19.7 Å². The molecule has 1 aliphatic rings. The van der Waals surface area contributed by atoms with Crippen molar-refractivity contribution in [1.82, 2.24) is 15.2 Å². The Morgan fingerprint density at radius 3 is 3.20 bits per heavy atom. The molecule has 1 saturated heterocycles. The summed E-state index contributed by atoms with van der Waals surface area (Å²) in [6.45, 7) is 4.40. The molecule has 136 valence electrons. The number of hydrogen-bond acceptors (Lipinski definition) is 3. The third-order valence-corrected chi connectivity index (χ3v) is 4.70. The molecule has 6 heteroatoms. The molecule has 1 fully saturated rings. The number of aliphatic hydroxyl groups is 1. The number of carbonyl (C=O) groups excluding carboxylic acids is 1. The van der Waals surface area contributed by atoms with Crippen LogP contribution in [0.25, 0.3) is 10.9 Å². The van der Waals surface area contributed by atoms with E-state index in [9.17, 15) is 4.79 Å². The molecular formula is C19H27N3O3. The summed E-state index contributed by atoms with van der Waals surface area (Å²) in [6.07, 6.45) is 4.73. The lowest BCUT2D eigenvalue weighted by Gasteiger charge is -2.32. The molecule has 0 unspecified atom stereocenters. The maximum absolute atomic E-state index is 12.4. The number of likely N-dealkylation sites (tertiary alicyclic amines) is 1. The van der Waals surface area contributed by atoms with Crippen LogP contribution < -0.4 is 5.32 Å². The van der Waals surface area contributed by atoms with E-state index >= 15 is 0 Å². The van der Waals surface area contributed by atoms with Crippen LogP contribution in [0.1, 0.15) is 24.0 Å². The average molecular weight is 345 g/mol. The first-order valence-corrected chi connectivity index (χ1v) is 8.99. The number of rotatable bonds is 6. The Balaban J connectivity index is 1.48. The number of aryl methyl sites for hydroxylation is 1. The molecule has 0 saturated carbocycles. The lowest BCUT2D eigenvalue weighted by atomic mass is 10.1. The molecule has 0 aliphatic carbocycles. The molecule has 1 aromatic heterocycles. The summed E-state index contributed by atoms with van der Waals surface area (Å²) in [6, 6.07) is 6.34. The molecule has 25 heavy (non-hydrogen) atoms. The van der Waals surface area contributed by atoms with E-state index in [2.05, 4.69) is 35.4 Å². The van der Waals surface area contributed by atoms with Crippen molar-refractivity contribution in [2.75, 3.05) is 32.8 Å². The van der Waals surface area contributed by atoms with Crippen molar-refractivity contribution in [1.29, 1.82) is 0 Å². The molecule has 0 bridgehead atoms. The molecule has 1 aliphatic heterocycles. The number of H-pyrrole nitrogens is 1. The normalized spacial score (nSPS) is 17.8. The van der Waals surface area contributed by atoms with Crippen molar-refractivity contribution in [2.24, 2.45) is 0 Å². The van der Waals surface area contributed by atoms with Gasteiger partial charge in [-0.25, -0.2) is 4.79 Å². The Morgan fingerprint density at radius 2 is 2.36 bits per heavy atom. The van der Waals surface area contributed by atoms with Crippen LogP contribution in [0.3, 0.4) is 0 Å². The molecule has 3 rings (SSSR count). The second-order valence-corrected chi connectivity index (χ2v) is 6.65. The second kappa shape index (κ2) is 8.36. The van der Waals surface area contributed by atoms with Gasteiger partial charge in [-0.15, -0.1) is 0 Å². The van der Waals surface area contributed by atoms with Gasteiger partial charge in [-0.05, 0) is 43.4 Å². The highest BCUT2D eigenvalue weighted by atomic mass is 16.5. The zero-order valence-corrected chi connectivity index (χ0v) is 14.8. The lowest BCUT2D eigenvalue weighted by Crippen LogP contribution is -2.48. The third-order valence-electron chi connectivity index (χ3n) is 4.70. The lowest BCUT2D eigenvalue weighted by molar-refractivity contribution is -0.00575. The Hall–Kier alpha value is -2.05. The van der Waals surface area contributed by atoms with Crippen molar-refractivity contribution in [3.8, 4) is 0 Å². The van der Waals surface area contributed by atoms with E-state index in [0.717, 1.165) is 31.3 Å². The van der Waals surface area contributed by atoms with E-state index in [1.165, 1.54) is 16.5 Å². The van der Waals surface area contributed by atoms with Gasteiger partial charge in [0, 0.05) is 36.7 Å². The monoisotopic (exact) mass is 345 g/mol.